The Labute approximate surface area is 157 Å². The highest BCUT2D eigenvalue weighted by Gasteiger charge is 2.11. The highest BCUT2D eigenvalue weighted by Crippen LogP contribution is 2.34. The smallest absolute Gasteiger partial charge is 0.324 e. The first-order valence-corrected chi connectivity index (χ1v) is 11.5. The van der Waals surface area contributed by atoms with Crippen LogP contribution in [0.15, 0.2) is 18.2 Å². The predicted octanol–water partition coefficient (Wildman–Crippen LogP) is 4.59. The van der Waals surface area contributed by atoms with Gasteiger partial charge in [-0.1, -0.05) is 57.2 Å². The number of carbonyl (C=O) groups excluding carboxylic acids is 1. The summed E-state index contributed by atoms with van der Waals surface area (Å²) in [5, 5.41) is 3.18. The number of hydrogen-bond acceptors (Lipinski definition) is 3. The zero-order valence-electron chi connectivity index (χ0n) is 16.2. The lowest BCUT2D eigenvalue weighted by Crippen LogP contribution is -2.16. The molecule has 0 aromatic heterocycles. The van der Waals surface area contributed by atoms with Crippen LogP contribution in [-0.2, 0) is 11.1 Å². The molecule has 0 unspecified atom stereocenters. The van der Waals surface area contributed by atoms with Crippen LogP contribution >= 0.6 is 7.60 Å². The average molecular weight is 383 g/mol. The third-order valence-corrected chi connectivity index (χ3v) is 5.38. The Kier molecular flexibility index (Phi) is 11.0. The number of hydrogen-bond donors (Lipinski definition) is 3. The number of aryl methyl sites for hydroxylation is 1. The van der Waals surface area contributed by atoms with Crippen molar-refractivity contribution < 1.29 is 19.1 Å². The van der Waals surface area contributed by atoms with Gasteiger partial charge < -0.3 is 15.1 Å². The van der Waals surface area contributed by atoms with Gasteiger partial charge in [-0.15, -0.1) is 0 Å². The molecular weight excluding hydrogens is 349 g/mol. The maximum absolute atomic E-state index is 12.4. The lowest BCUT2D eigenvalue weighted by atomic mass is 9.98. The minimum atomic E-state index is -3.90. The van der Waals surface area contributed by atoms with Crippen LogP contribution in [0.5, 0.6) is 0 Å². The molecule has 0 heterocycles. The van der Waals surface area contributed by atoms with E-state index in [1.54, 1.807) is 0 Å². The van der Waals surface area contributed by atoms with Gasteiger partial charge in [-0.2, -0.15) is 0 Å². The van der Waals surface area contributed by atoms with E-state index in [0.29, 0.717) is 25.9 Å². The fourth-order valence-corrected chi connectivity index (χ4v) is 3.56. The molecule has 148 valence electrons. The maximum Gasteiger partial charge on any atom is 0.325 e. The third kappa shape index (κ3) is 10.2. The molecule has 0 fully saturated rings. The number of carbonyl (C=O) groups is 1. The Morgan fingerprint density at radius 2 is 1.77 bits per heavy atom. The predicted molar refractivity (Wildman–Crippen MR) is 107 cm³/mol. The van der Waals surface area contributed by atoms with Crippen molar-refractivity contribution in [3.63, 3.8) is 0 Å². The van der Waals surface area contributed by atoms with Gasteiger partial charge in [-0.05, 0) is 37.4 Å². The van der Waals surface area contributed by atoms with E-state index in [1.165, 1.54) is 25.7 Å². The average Bonchev–Trinajstić information content (AvgIpc) is 2.56. The molecule has 1 rings (SSSR count). The van der Waals surface area contributed by atoms with Gasteiger partial charge in [0, 0.05) is 18.5 Å². The fraction of sp³-hybridized carbons (Fsp3) is 0.650. The van der Waals surface area contributed by atoms with E-state index in [2.05, 4.69) is 12.2 Å². The summed E-state index contributed by atoms with van der Waals surface area (Å²) in [4.78, 5) is 30.0. The molecule has 0 aliphatic carbocycles. The minimum absolute atomic E-state index is 0.0923. The molecule has 0 saturated heterocycles. The van der Waals surface area contributed by atoms with Crippen molar-refractivity contribution in [1.82, 2.24) is 5.32 Å². The first kappa shape index (κ1) is 23.0. The number of ketones is 1. The molecular formula is C20H34NO4P. The van der Waals surface area contributed by atoms with Gasteiger partial charge in [0.05, 0.1) is 6.16 Å². The van der Waals surface area contributed by atoms with E-state index in [-0.39, 0.29) is 11.9 Å². The fourth-order valence-electron chi connectivity index (χ4n) is 2.99. The van der Waals surface area contributed by atoms with Gasteiger partial charge in [-0.3, -0.25) is 9.36 Å². The van der Waals surface area contributed by atoms with Crippen LogP contribution in [-0.4, -0.2) is 28.3 Å². The standard InChI is InChI=1S/C20H34NO4P/c1-3-4-5-6-7-8-10-20(22)19-12-11-18(15-17(19)2)16-21-13-9-14-26(23,24)25/h11-12,15,21H,3-10,13-14,16H2,1-2H3,(H2,23,24,25). The van der Waals surface area contributed by atoms with Gasteiger partial charge in [-0.25, -0.2) is 0 Å². The topological polar surface area (TPSA) is 86.6 Å². The summed E-state index contributed by atoms with van der Waals surface area (Å²) < 4.78 is 10.8. The molecule has 0 spiro atoms. The zero-order chi connectivity index (χ0) is 19.4. The van der Waals surface area contributed by atoms with Gasteiger partial charge >= 0.3 is 7.60 Å². The number of rotatable bonds is 14. The Hall–Kier alpha value is -1.00. The van der Waals surface area contributed by atoms with Crippen LogP contribution in [0.4, 0.5) is 0 Å². The lowest BCUT2D eigenvalue weighted by Gasteiger charge is -2.10. The van der Waals surface area contributed by atoms with Gasteiger partial charge in [0.2, 0.25) is 0 Å². The monoisotopic (exact) mass is 383 g/mol. The Balaban J connectivity index is 2.34. The molecule has 1 aromatic carbocycles. The minimum Gasteiger partial charge on any atom is -0.324 e. The molecule has 0 aliphatic rings. The highest BCUT2D eigenvalue weighted by molar-refractivity contribution is 7.51. The van der Waals surface area contributed by atoms with Crippen LogP contribution in [0.1, 0.15) is 79.8 Å². The first-order valence-electron chi connectivity index (χ1n) is 9.71. The van der Waals surface area contributed by atoms with E-state index in [9.17, 15) is 9.36 Å². The molecule has 0 amide bonds. The van der Waals surface area contributed by atoms with Crippen molar-refractivity contribution in [2.45, 2.75) is 71.8 Å². The summed E-state index contributed by atoms with van der Waals surface area (Å²) in [6.45, 7) is 5.36. The van der Waals surface area contributed by atoms with Crippen LogP contribution < -0.4 is 5.32 Å². The van der Waals surface area contributed by atoms with Crippen molar-refractivity contribution in [1.29, 1.82) is 0 Å². The maximum atomic E-state index is 12.4. The molecule has 0 radical (unpaired) electrons. The van der Waals surface area contributed by atoms with E-state index >= 15 is 0 Å². The summed E-state index contributed by atoms with van der Waals surface area (Å²) in [6.07, 6.45) is 8.05. The second-order valence-electron chi connectivity index (χ2n) is 7.01. The Bertz CT molecular complexity index is 597. The highest BCUT2D eigenvalue weighted by atomic mass is 31.2. The largest absolute Gasteiger partial charge is 0.325 e. The van der Waals surface area contributed by atoms with E-state index in [0.717, 1.165) is 29.5 Å². The molecule has 0 atom stereocenters. The summed E-state index contributed by atoms with van der Waals surface area (Å²) in [5.41, 5.74) is 2.88. The Morgan fingerprint density at radius 3 is 2.42 bits per heavy atom. The first-order chi connectivity index (χ1) is 12.3. The van der Waals surface area contributed by atoms with Crippen molar-refractivity contribution in [2.24, 2.45) is 0 Å². The quantitative estimate of drug-likeness (QED) is 0.249. The number of Topliss-reactive ketones (excluding diaryl/α,β-unsaturated/α-hetero) is 1. The molecule has 0 aliphatic heterocycles. The second-order valence-corrected chi connectivity index (χ2v) is 8.79. The van der Waals surface area contributed by atoms with Gasteiger partial charge in [0.15, 0.2) is 5.78 Å². The normalized spacial score (nSPS) is 11.7. The summed E-state index contributed by atoms with van der Waals surface area (Å²) in [7, 11) is -3.90. The van der Waals surface area contributed by atoms with Crippen molar-refractivity contribution in [2.75, 3.05) is 12.7 Å². The van der Waals surface area contributed by atoms with Crippen LogP contribution in [0.2, 0.25) is 0 Å². The SMILES string of the molecule is CCCCCCCCC(=O)c1ccc(CNCCCP(=O)(O)O)cc1C. The van der Waals surface area contributed by atoms with Gasteiger partial charge in [0.1, 0.15) is 0 Å². The van der Waals surface area contributed by atoms with Crippen molar-refractivity contribution in [3.05, 3.63) is 34.9 Å². The molecule has 6 heteroatoms. The van der Waals surface area contributed by atoms with E-state index in [4.69, 9.17) is 9.79 Å². The number of nitrogens with one attached hydrogen (secondary N) is 1. The van der Waals surface area contributed by atoms with Crippen molar-refractivity contribution >= 4 is 13.4 Å². The molecule has 5 nitrogen and oxygen atoms in total. The van der Waals surface area contributed by atoms with Gasteiger partial charge in [0.25, 0.3) is 0 Å². The second kappa shape index (κ2) is 12.4. The Morgan fingerprint density at radius 1 is 1.08 bits per heavy atom. The molecule has 0 saturated carbocycles. The summed E-state index contributed by atoms with van der Waals surface area (Å²) in [6, 6.07) is 5.88. The summed E-state index contributed by atoms with van der Waals surface area (Å²) in [5.74, 6) is 0.221. The summed E-state index contributed by atoms with van der Waals surface area (Å²) >= 11 is 0. The molecule has 1 aromatic rings. The molecule has 3 N–H and O–H groups in total. The molecule has 26 heavy (non-hydrogen) atoms. The van der Waals surface area contributed by atoms with Crippen LogP contribution in [0.3, 0.4) is 0 Å². The van der Waals surface area contributed by atoms with Crippen LogP contribution in [0.25, 0.3) is 0 Å². The lowest BCUT2D eigenvalue weighted by molar-refractivity contribution is 0.0978. The molecule has 0 bridgehead atoms. The third-order valence-electron chi connectivity index (χ3n) is 4.48. The number of benzene rings is 1. The zero-order valence-corrected chi connectivity index (χ0v) is 17.1. The van der Waals surface area contributed by atoms with E-state index < -0.39 is 7.60 Å². The van der Waals surface area contributed by atoms with Crippen LogP contribution in [0, 0.1) is 6.92 Å². The van der Waals surface area contributed by atoms with E-state index in [1.807, 2.05) is 25.1 Å². The number of unbranched alkanes of at least 4 members (excludes halogenated alkanes) is 5. The van der Waals surface area contributed by atoms with Crippen molar-refractivity contribution in [3.8, 4) is 0 Å².